The summed E-state index contributed by atoms with van der Waals surface area (Å²) in [7, 11) is -4.72. The molecule has 0 aliphatic heterocycles. The van der Waals surface area contributed by atoms with Crippen LogP contribution in [0.4, 0.5) is 0 Å². The molecule has 0 saturated carbocycles. The monoisotopic (exact) mass is 407 g/mol. The molecule has 1 aromatic rings. The Morgan fingerprint density at radius 3 is 2.42 bits per heavy atom. The number of amides is 2. The Balaban J connectivity index is 2.73. The van der Waals surface area contributed by atoms with Crippen LogP contribution in [-0.4, -0.2) is 41.7 Å². The third-order valence-corrected chi connectivity index (χ3v) is 4.30. The van der Waals surface area contributed by atoms with Crippen molar-refractivity contribution in [3.8, 4) is 5.75 Å². The summed E-state index contributed by atoms with van der Waals surface area (Å²) in [5, 5.41) is 9.81. The van der Waals surface area contributed by atoms with Crippen molar-refractivity contribution in [2.24, 2.45) is 5.73 Å². The molecule has 1 atom stereocenters. The van der Waals surface area contributed by atoms with Crippen molar-refractivity contribution in [1.29, 1.82) is 0 Å². The molecule has 144 valence electrons. The number of hydrazine groups is 1. The number of hydrogen-bond acceptors (Lipinski definition) is 7. The van der Waals surface area contributed by atoms with Crippen LogP contribution in [0.3, 0.4) is 0 Å². The van der Waals surface area contributed by atoms with E-state index < -0.39 is 44.4 Å². The smallest absolute Gasteiger partial charge is 0.298 e. The van der Waals surface area contributed by atoms with Gasteiger partial charge in [0.2, 0.25) is 5.91 Å². The average Bonchev–Trinajstić information content (AvgIpc) is 2.52. The predicted octanol–water partition coefficient (Wildman–Crippen LogP) is -0.321. The van der Waals surface area contributed by atoms with E-state index in [1.807, 2.05) is 0 Å². The van der Waals surface area contributed by atoms with Crippen LogP contribution in [0.2, 0.25) is 5.02 Å². The minimum atomic E-state index is -4.72. The van der Waals surface area contributed by atoms with Gasteiger partial charge in [-0.05, 0) is 18.6 Å². The number of ketones is 1. The van der Waals surface area contributed by atoms with Crippen LogP contribution < -0.4 is 16.6 Å². The number of hydrogen-bond donors (Lipinski definition) is 5. The van der Waals surface area contributed by atoms with Crippen LogP contribution in [0.25, 0.3) is 0 Å². The van der Waals surface area contributed by atoms with E-state index in [0.717, 1.165) is 6.07 Å². The fourth-order valence-corrected chi connectivity index (χ4v) is 2.91. The van der Waals surface area contributed by atoms with Crippen LogP contribution in [0.5, 0.6) is 5.75 Å². The molecule has 0 saturated heterocycles. The van der Waals surface area contributed by atoms with E-state index >= 15 is 0 Å². The van der Waals surface area contributed by atoms with Crippen LogP contribution in [0.15, 0.2) is 17.0 Å². The van der Waals surface area contributed by atoms with E-state index in [4.69, 9.17) is 21.9 Å². The molecule has 12 heteroatoms. The van der Waals surface area contributed by atoms with Gasteiger partial charge in [0.1, 0.15) is 16.4 Å². The van der Waals surface area contributed by atoms with Crippen molar-refractivity contribution < 1.29 is 32.5 Å². The number of benzene rings is 1. The third kappa shape index (κ3) is 6.59. The summed E-state index contributed by atoms with van der Waals surface area (Å²) in [6.45, 7) is 1.19. The molecule has 2 amide bonds. The maximum atomic E-state index is 12.0. The number of phenolic OH excluding ortho intramolecular Hbond substituents is 1. The summed E-state index contributed by atoms with van der Waals surface area (Å²) in [4.78, 5) is 33.4. The van der Waals surface area contributed by atoms with Gasteiger partial charge >= 0.3 is 0 Å². The summed E-state index contributed by atoms with van der Waals surface area (Å²) in [5.74, 6) is -2.41. The molecule has 26 heavy (non-hydrogen) atoms. The van der Waals surface area contributed by atoms with Gasteiger partial charge in [-0.15, -0.1) is 0 Å². The van der Waals surface area contributed by atoms with Crippen molar-refractivity contribution in [1.82, 2.24) is 10.9 Å². The van der Waals surface area contributed by atoms with Gasteiger partial charge in [-0.1, -0.05) is 11.6 Å². The van der Waals surface area contributed by atoms with Gasteiger partial charge in [-0.25, -0.2) is 0 Å². The molecule has 0 aliphatic carbocycles. The zero-order valence-corrected chi connectivity index (χ0v) is 15.2. The molecule has 1 aromatic carbocycles. The van der Waals surface area contributed by atoms with E-state index in [9.17, 15) is 27.9 Å². The summed E-state index contributed by atoms with van der Waals surface area (Å²) >= 11 is 5.74. The number of phenols is 1. The Kier molecular flexibility index (Phi) is 7.51. The highest BCUT2D eigenvalue weighted by Gasteiger charge is 2.22. The number of Topliss-reactive ketones (excluding diaryl/α,β-unsaturated/α-hetero) is 1. The molecule has 0 aliphatic rings. The summed E-state index contributed by atoms with van der Waals surface area (Å²) in [6, 6.07) is 0.974. The molecule has 0 heterocycles. The minimum Gasteiger partial charge on any atom is -0.506 e. The van der Waals surface area contributed by atoms with E-state index in [2.05, 4.69) is 10.9 Å². The lowest BCUT2D eigenvalue weighted by molar-refractivity contribution is -0.129. The molecule has 0 aromatic heterocycles. The highest BCUT2D eigenvalue weighted by Crippen LogP contribution is 2.31. The molecular weight excluding hydrogens is 390 g/mol. The molecule has 0 unspecified atom stereocenters. The maximum Gasteiger partial charge on any atom is 0.298 e. The number of nitrogens with one attached hydrogen (secondary N) is 2. The summed E-state index contributed by atoms with van der Waals surface area (Å²) in [6.07, 6.45) is -0.576. The second kappa shape index (κ2) is 8.94. The van der Waals surface area contributed by atoms with Crippen LogP contribution in [0.1, 0.15) is 25.3 Å². The number of halogens is 1. The standard InChI is InChI=1S/C14H18ClN3O7S/c1-7(19)17-18-14(22)11(16)3-2-10(20)5-8-4-9(15)6-12(13(8)21)26(23,24)25/h4,6,11,21H,2-3,5,16H2,1H3,(H,17,19)(H,18,22)(H,23,24,25)/t11-/m0/s1. The lowest BCUT2D eigenvalue weighted by atomic mass is 10.0. The lowest BCUT2D eigenvalue weighted by Crippen LogP contribution is -2.48. The normalized spacial score (nSPS) is 12.3. The van der Waals surface area contributed by atoms with Gasteiger partial charge in [0.25, 0.3) is 16.0 Å². The van der Waals surface area contributed by atoms with Crippen LogP contribution in [-0.2, 0) is 30.9 Å². The first-order valence-corrected chi connectivity index (χ1v) is 9.06. The summed E-state index contributed by atoms with van der Waals surface area (Å²) in [5.41, 5.74) is 9.62. The van der Waals surface area contributed by atoms with E-state index in [1.54, 1.807) is 0 Å². The fourth-order valence-electron chi connectivity index (χ4n) is 1.95. The molecule has 0 spiro atoms. The molecule has 10 nitrogen and oxygen atoms in total. The van der Waals surface area contributed by atoms with Gasteiger partial charge in [-0.3, -0.25) is 29.8 Å². The lowest BCUT2D eigenvalue weighted by Gasteiger charge is -2.12. The molecule has 6 N–H and O–H groups in total. The molecule has 0 radical (unpaired) electrons. The fraction of sp³-hybridized carbons (Fsp3) is 0.357. The Bertz CT molecular complexity index is 826. The predicted molar refractivity (Wildman–Crippen MR) is 90.8 cm³/mol. The molecule has 0 bridgehead atoms. The highest BCUT2D eigenvalue weighted by molar-refractivity contribution is 7.86. The number of rotatable bonds is 7. The van der Waals surface area contributed by atoms with E-state index in [-0.39, 0.29) is 29.8 Å². The van der Waals surface area contributed by atoms with Crippen molar-refractivity contribution in [3.63, 3.8) is 0 Å². The first-order valence-electron chi connectivity index (χ1n) is 7.24. The SMILES string of the molecule is CC(=O)NNC(=O)[C@@H](N)CCC(=O)Cc1cc(Cl)cc(S(=O)(=O)O)c1O. The minimum absolute atomic E-state index is 0.0449. The number of carbonyl (C=O) groups is 3. The molecular formula is C14H18ClN3O7S. The number of nitrogens with two attached hydrogens (primary N) is 1. The number of aromatic hydroxyl groups is 1. The molecule has 0 fully saturated rings. The van der Waals surface area contributed by atoms with Crippen molar-refractivity contribution in [3.05, 3.63) is 22.7 Å². The van der Waals surface area contributed by atoms with Crippen molar-refractivity contribution in [2.75, 3.05) is 0 Å². The third-order valence-electron chi connectivity index (χ3n) is 3.22. The Labute approximate surface area is 154 Å². The molecule has 1 rings (SSSR count). The van der Waals surface area contributed by atoms with Crippen LogP contribution >= 0.6 is 11.6 Å². The highest BCUT2D eigenvalue weighted by atomic mass is 35.5. The second-order valence-corrected chi connectivity index (χ2v) is 7.24. The Morgan fingerprint density at radius 2 is 1.88 bits per heavy atom. The zero-order chi connectivity index (χ0) is 20.1. The largest absolute Gasteiger partial charge is 0.506 e. The first kappa shape index (κ1) is 21.8. The quantitative estimate of drug-likeness (QED) is 0.301. The topological polar surface area (TPSA) is 176 Å². The number of carbonyl (C=O) groups excluding carboxylic acids is 3. The Hall–Kier alpha value is -2.21. The Morgan fingerprint density at radius 1 is 1.27 bits per heavy atom. The van der Waals surface area contributed by atoms with Gasteiger partial charge in [-0.2, -0.15) is 8.42 Å². The van der Waals surface area contributed by atoms with Gasteiger partial charge in [0.05, 0.1) is 6.04 Å². The maximum absolute atomic E-state index is 12.0. The van der Waals surface area contributed by atoms with Gasteiger partial charge < -0.3 is 10.8 Å². The van der Waals surface area contributed by atoms with Gasteiger partial charge in [0.15, 0.2) is 0 Å². The van der Waals surface area contributed by atoms with E-state index in [1.165, 1.54) is 13.0 Å². The first-order chi connectivity index (χ1) is 11.9. The van der Waals surface area contributed by atoms with Crippen LogP contribution in [0, 0.1) is 0 Å². The van der Waals surface area contributed by atoms with Gasteiger partial charge in [0, 0.05) is 30.4 Å². The summed E-state index contributed by atoms with van der Waals surface area (Å²) < 4.78 is 31.5. The zero-order valence-electron chi connectivity index (χ0n) is 13.7. The average molecular weight is 408 g/mol. The second-order valence-electron chi connectivity index (χ2n) is 5.42. The van der Waals surface area contributed by atoms with Crippen molar-refractivity contribution in [2.45, 2.75) is 37.1 Å². The van der Waals surface area contributed by atoms with Crippen molar-refractivity contribution >= 4 is 39.3 Å². The van der Waals surface area contributed by atoms with E-state index in [0.29, 0.717) is 0 Å².